The lowest BCUT2D eigenvalue weighted by Crippen LogP contribution is -2.12. The first-order valence-electron chi connectivity index (χ1n) is 5.56. The lowest BCUT2D eigenvalue weighted by molar-refractivity contribution is 0.102. The van der Waals surface area contributed by atoms with Gasteiger partial charge in [-0.2, -0.15) is 5.10 Å². The van der Waals surface area contributed by atoms with Crippen molar-refractivity contribution in [1.29, 1.82) is 0 Å². The molecule has 5 heteroatoms. The summed E-state index contributed by atoms with van der Waals surface area (Å²) in [6.07, 6.45) is 1.56. The maximum atomic E-state index is 12.0. The topological polar surface area (TPSA) is 56.1 Å². The molecular formula is C13H15N3O2. The molecule has 0 bridgehead atoms. The van der Waals surface area contributed by atoms with Crippen LogP contribution in [0.1, 0.15) is 16.1 Å². The summed E-state index contributed by atoms with van der Waals surface area (Å²) in [6.45, 7) is 1.86. The Morgan fingerprint density at radius 1 is 1.33 bits per heavy atom. The molecule has 18 heavy (non-hydrogen) atoms. The number of amides is 1. The quantitative estimate of drug-likeness (QED) is 0.899. The van der Waals surface area contributed by atoms with E-state index in [1.807, 2.05) is 6.92 Å². The van der Waals surface area contributed by atoms with Gasteiger partial charge >= 0.3 is 0 Å². The lowest BCUT2D eigenvalue weighted by Gasteiger charge is -2.05. The van der Waals surface area contributed by atoms with Gasteiger partial charge in [0, 0.05) is 18.4 Å². The summed E-state index contributed by atoms with van der Waals surface area (Å²) in [5, 5.41) is 6.86. The van der Waals surface area contributed by atoms with E-state index >= 15 is 0 Å². The van der Waals surface area contributed by atoms with Gasteiger partial charge < -0.3 is 10.1 Å². The predicted octanol–water partition coefficient (Wildman–Crippen LogP) is 1.99. The van der Waals surface area contributed by atoms with Crippen LogP contribution in [0.2, 0.25) is 0 Å². The highest BCUT2D eigenvalue weighted by atomic mass is 16.5. The van der Waals surface area contributed by atoms with E-state index in [1.165, 1.54) is 0 Å². The third-order valence-corrected chi connectivity index (χ3v) is 2.83. The first kappa shape index (κ1) is 12.2. The maximum Gasteiger partial charge on any atom is 0.259 e. The molecule has 1 aromatic carbocycles. The Labute approximate surface area is 105 Å². The maximum absolute atomic E-state index is 12.0. The molecule has 0 aliphatic carbocycles. The summed E-state index contributed by atoms with van der Waals surface area (Å²) in [4.78, 5) is 12.0. The minimum Gasteiger partial charge on any atom is -0.497 e. The number of methoxy groups -OCH3 is 1. The number of anilines is 1. The largest absolute Gasteiger partial charge is 0.497 e. The van der Waals surface area contributed by atoms with Crippen LogP contribution in [-0.4, -0.2) is 22.8 Å². The highest BCUT2D eigenvalue weighted by Gasteiger charge is 2.12. The second kappa shape index (κ2) is 4.91. The number of carbonyl (C=O) groups excluding carboxylic acids is 1. The standard InChI is InChI=1S/C13H15N3O2/c1-9-12(8-14-16(9)2)13(17)15-10-4-6-11(18-3)7-5-10/h4-8H,1-3H3,(H,15,17). The van der Waals surface area contributed by atoms with E-state index in [4.69, 9.17) is 4.74 Å². The monoisotopic (exact) mass is 245 g/mol. The van der Waals surface area contributed by atoms with Crippen LogP contribution in [-0.2, 0) is 7.05 Å². The minimum absolute atomic E-state index is 0.161. The number of hydrogen-bond donors (Lipinski definition) is 1. The van der Waals surface area contributed by atoms with Crippen LogP contribution >= 0.6 is 0 Å². The van der Waals surface area contributed by atoms with E-state index in [9.17, 15) is 4.79 Å². The number of aryl methyl sites for hydroxylation is 1. The fourth-order valence-electron chi connectivity index (χ4n) is 1.59. The molecule has 0 fully saturated rings. The molecule has 0 saturated heterocycles. The first-order chi connectivity index (χ1) is 8.61. The SMILES string of the molecule is COc1ccc(NC(=O)c2cnn(C)c2C)cc1. The van der Waals surface area contributed by atoms with Gasteiger partial charge in [0.2, 0.25) is 0 Å². The van der Waals surface area contributed by atoms with Crippen LogP contribution in [0.15, 0.2) is 30.5 Å². The zero-order chi connectivity index (χ0) is 13.1. The molecule has 94 valence electrons. The summed E-state index contributed by atoms with van der Waals surface area (Å²) in [6, 6.07) is 7.18. The molecule has 2 aromatic rings. The van der Waals surface area contributed by atoms with Crippen molar-refractivity contribution in [2.75, 3.05) is 12.4 Å². The molecule has 0 atom stereocenters. The predicted molar refractivity (Wildman–Crippen MR) is 68.9 cm³/mol. The highest BCUT2D eigenvalue weighted by molar-refractivity contribution is 6.04. The zero-order valence-corrected chi connectivity index (χ0v) is 10.6. The molecular weight excluding hydrogens is 230 g/mol. The molecule has 0 radical (unpaired) electrons. The summed E-state index contributed by atoms with van der Waals surface area (Å²) in [5.74, 6) is 0.594. The number of carbonyl (C=O) groups is 1. The third kappa shape index (κ3) is 2.34. The first-order valence-corrected chi connectivity index (χ1v) is 5.56. The number of benzene rings is 1. The summed E-state index contributed by atoms with van der Waals surface area (Å²) in [5.41, 5.74) is 2.14. The summed E-state index contributed by atoms with van der Waals surface area (Å²) < 4.78 is 6.72. The van der Waals surface area contributed by atoms with Crippen LogP contribution in [0, 0.1) is 6.92 Å². The normalized spacial score (nSPS) is 10.2. The van der Waals surface area contributed by atoms with E-state index < -0.39 is 0 Å². The Bertz CT molecular complexity index is 558. The molecule has 5 nitrogen and oxygen atoms in total. The zero-order valence-electron chi connectivity index (χ0n) is 10.6. The van der Waals surface area contributed by atoms with Gasteiger partial charge in [0.25, 0.3) is 5.91 Å². The molecule has 0 unspecified atom stereocenters. The number of hydrogen-bond acceptors (Lipinski definition) is 3. The van der Waals surface area contributed by atoms with Gasteiger partial charge in [-0.15, -0.1) is 0 Å². The van der Waals surface area contributed by atoms with Crippen molar-refractivity contribution in [3.05, 3.63) is 41.7 Å². The Balaban J connectivity index is 2.13. The van der Waals surface area contributed by atoms with Crippen molar-refractivity contribution in [1.82, 2.24) is 9.78 Å². The Kier molecular flexibility index (Phi) is 3.32. The molecule has 1 amide bonds. The van der Waals surface area contributed by atoms with Crippen molar-refractivity contribution < 1.29 is 9.53 Å². The Morgan fingerprint density at radius 3 is 2.50 bits per heavy atom. The van der Waals surface area contributed by atoms with E-state index in [0.717, 1.165) is 17.1 Å². The summed E-state index contributed by atoms with van der Waals surface area (Å²) >= 11 is 0. The van der Waals surface area contributed by atoms with Gasteiger partial charge in [0.1, 0.15) is 5.75 Å². The van der Waals surface area contributed by atoms with E-state index in [1.54, 1.807) is 49.3 Å². The fourth-order valence-corrected chi connectivity index (χ4v) is 1.59. The Morgan fingerprint density at radius 2 is 2.00 bits per heavy atom. The van der Waals surface area contributed by atoms with Crippen LogP contribution < -0.4 is 10.1 Å². The highest BCUT2D eigenvalue weighted by Crippen LogP contribution is 2.16. The van der Waals surface area contributed by atoms with Gasteiger partial charge in [-0.25, -0.2) is 0 Å². The lowest BCUT2D eigenvalue weighted by atomic mass is 10.2. The van der Waals surface area contributed by atoms with Crippen molar-refractivity contribution in [2.45, 2.75) is 6.92 Å². The number of aromatic nitrogens is 2. The number of nitrogens with one attached hydrogen (secondary N) is 1. The van der Waals surface area contributed by atoms with Crippen LogP contribution in [0.4, 0.5) is 5.69 Å². The van der Waals surface area contributed by atoms with E-state index in [0.29, 0.717) is 5.56 Å². The molecule has 0 aliphatic heterocycles. The third-order valence-electron chi connectivity index (χ3n) is 2.83. The van der Waals surface area contributed by atoms with Crippen molar-refractivity contribution in [3.63, 3.8) is 0 Å². The van der Waals surface area contributed by atoms with Gasteiger partial charge in [-0.3, -0.25) is 9.48 Å². The molecule has 0 spiro atoms. The van der Waals surface area contributed by atoms with Crippen molar-refractivity contribution >= 4 is 11.6 Å². The average molecular weight is 245 g/mol. The van der Waals surface area contributed by atoms with Crippen molar-refractivity contribution in [3.8, 4) is 5.75 Å². The second-order valence-corrected chi connectivity index (χ2v) is 3.95. The van der Waals surface area contributed by atoms with Gasteiger partial charge in [0.05, 0.1) is 18.9 Å². The summed E-state index contributed by atoms with van der Waals surface area (Å²) in [7, 11) is 3.41. The molecule has 0 aliphatic rings. The number of ether oxygens (including phenoxy) is 1. The fraction of sp³-hybridized carbons (Fsp3) is 0.231. The smallest absolute Gasteiger partial charge is 0.259 e. The van der Waals surface area contributed by atoms with Gasteiger partial charge in [0.15, 0.2) is 0 Å². The number of rotatable bonds is 3. The average Bonchev–Trinajstić information content (AvgIpc) is 2.71. The van der Waals surface area contributed by atoms with Crippen LogP contribution in [0.3, 0.4) is 0 Å². The molecule has 0 saturated carbocycles. The molecule has 2 rings (SSSR count). The van der Waals surface area contributed by atoms with Gasteiger partial charge in [-0.05, 0) is 31.2 Å². The number of nitrogens with zero attached hydrogens (tertiary/aromatic N) is 2. The Hall–Kier alpha value is -2.30. The molecule has 1 heterocycles. The van der Waals surface area contributed by atoms with E-state index in [2.05, 4.69) is 10.4 Å². The minimum atomic E-state index is -0.161. The van der Waals surface area contributed by atoms with Crippen LogP contribution in [0.25, 0.3) is 0 Å². The molecule has 1 aromatic heterocycles. The molecule has 1 N–H and O–H groups in total. The second-order valence-electron chi connectivity index (χ2n) is 3.95. The van der Waals surface area contributed by atoms with Gasteiger partial charge in [-0.1, -0.05) is 0 Å². The van der Waals surface area contributed by atoms with Crippen LogP contribution in [0.5, 0.6) is 5.75 Å². The van der Waals surface area contributed by atoms with Crippen molar-refractivity contribution in [2.24, 2.45) is 7.05 Å². The van der Waals surface area contributed by atoms with E-state index in [-0.39, 0.29) is 5.91 Å².